The van der Waals surface area contributed by atoms with E-state index in [0.29, 0.717) is 23.6 Å². The third kappa shape index (κ3) is 1.91. The molecule has 0 saturated heterocycles. The Morgan fingerprint density at radius 3 is 3.00 bits per heavy atom. The van der Waals surface area contributed by atoms with E-state index < -0.39 is 5.97 Å². The second-order valence-electron chi connectivity index (χ2n) is 2.73. The van der Waals surface area contributed by atoms with Crippen molar-refractivity contribution >= 4 is 5.97 Å². The molecule has 0 aromatic carbocycles. The molecule has 0 fully saturated rings. The molecule has 0 radical (unpaired) electrons. The highest BCUT2D eigenvalue weighted by Gasteiger charge is 2.18. The van der Waals surface area contributed by atoms with Crippen molar-refractivity contribution in [3.63, 3.8) is 0 Å². The van der Waals surface area contributed by atoms with Crippen LogP contribution in [0.1, 0.15) is 28.7 Å². The van der Waals surface area contributed by atoms with Crippen LogP contribution in [0.25, 0.3) is 0 Å². The molecular formula is C9H11N3O2. The number of carbonyl (C=O) groups excluding carboxylic acids is 1. The van der Waals surface area contributed by atoms with E-state index in [0.717, 1.165) is 0 Å². The number of aromatic amines is 1. The number of ether oxygens (including phenoxy) is 1. The zero-order chi connectivity index (χ0) is 10.6. The second-order valence-corrected chi connectivity index (χ2v) is 2.73. The fourth-order valence-electron chi connectivity index (χ4n) is 1.16. The first-order valence-electron chi connectivity index (χ1n) is 4.28. The van der Waals surface area contributed by atoms with Gasteiger partial charge in [0.25, 0.3) is 0 Å². The van der Waals surface area contributed by atoms with E-state index in [4.69, 9.17) is 10.00 Å². The molecule has 0 aliphatic rings. The summed E-state index contributed by atoms with van der Waals surface area (Å²) in [5.74, 6) is -0.427. The van der Waals surface area contributed by atoms with Crippen LogP contribution in [0.15, 0.2) is 0 Å². The SMILES string of the molecule is CCOC(=O)c1c(CC#N)n[nH]c1C. The minimum atomic E-state index is -0.427. The first-order chi connectivity index (χ1) is 6.70. The Labute approximate surface area is 81.7 Å². The molecule has 0 aliphatic heterocycles. The van der Waals surface area contributed by atoms with Gasteiger partial charge >= 0.3 is 5.97 Å². The standard InChI is InChI=1S/C9H11N3O2/c1-3-14-9(13)8-6(2)11-12-7(8)4-5-10/h3-4H2,1-2H3,(H,11,12). The molecular weight excluding hydrogens is 182 g/mol. The fraction of sp³-hybridized carbons (Fsp3) is 0.444. The molecule has 0 bridgehead atoms. The largest absolute Gasteiger partial charge is 0.462 e. The Balaban J connectivity index is 2.99. The number of nitrogens with one attached hydrogen (secondary N) is 1. The number of esters is 1. The van der Waals surface area contributed by atoms with Gasteiger partial charge in [-0.3, -0.25) is 5.10 Å². The zero-order valence-corrected chi connectivity index (χ0v) is 8.13. The second kappa shape index (κ2) is 4.42. The lowest BCUT2D eigenvalue weighted by Gasteiger charge is -2.00. The minimum Gasteiger partial charge on any atom is -0.462 e. The Bertz CT molecular complexity index is 376. The van der Waals surface area contributed by atoms with Crippen molar-refractivity contribution in [3.8, 4) is 6.07 Å². The molecule has 0 saturated carbocycles. The molecule has 0 atom stereocenters. The summed E-state index contributed by atoms with van der Waals surface area (Å²) in [6.45, 7) is 3.77. The lowest BCUT2D eigenvalue weighted by molar-refractivity contribution is 0.0524. The Morgan fingerprint density at radius 1 is 1.71 bits per heavy atom. The Kier molecular flexibility index (Phi) is 3.24. The quantitative estimate of drug-likeness (QED) is 0.725. The molecule has 14 heavy (non-hydrogen) atoms. The smallest absolute Gasteiger partial charge is 0.341 e. The van der Waals surface area contributed by atoms with Crippen molar-refractivity contribution in [1.29, 1.82) is 5.26 Å². The third-order valence-corrected chi connectivity index (χ3v) is 1.75. The summed E-state index contributed by atoms with van der Waals surface area (Å²) in [6, 6.07) is 1.94. The number of carbonyl (C=O) groups is 1. The Morgan fingerprint density at radius 2 is 2.43 bits per heavy atom. The van der Waals surface area contributed by atoms with Gasteiger partial charge in [-0.1, -0.05) is 0 Å². The predicted octanol–water partition coefficient (Wildman–Crippen LogP) is 0.961. The molecule has 5 heteroatoms. The van der Waals surface area contributed by atoms with Gasteiger partial charge in [-0.25, -0.2) is 4.79 Å². The average molecular weight is 193 g/mol. The van der Waals surface area contributed by atoms with Crippen LogP contribution in [0.3, 0.4) is 0 Å². The maximum atomic E-state index is 11.4. The van der Waals surface area contributed by atoms with Crippen molar-refractivity contribution in [1.82, 2.24) is 10.2 Å². The van der Waals surface area contributed by atoms with E-state index in [9.17, 15) is 4.79 Å². The lowest BCUT2D eigenvalue weighted by Crippen LogP contribution is -2.08. The molecule has 0 spiro atoms. The van der Waals surface area contributed by atoms with E-state index in [-0.39, 0.29) is 6.42 Å². The summed E-state index contributed by atoms with van der Waals surface area (Å²) in [7, 11) is 0. The first-order valence-corrected chi connectivity index (χ1v) is 4.28. The maximum absolute atomic E-state index is 11.4. The minimum absolute atomic E-state index is 0.110. The number of rotatable bonds is 3. The summed E-state index contributed by atoms with van der Waals surface area (Å²) in [4.78, 5) is 11.4. The molecule has 0 aliphatic carbocycles. The number of nitriles is 1. The van der Waals surface area contributed by atoms with Gasteiger partial charge in [-0.2, -0.15) is 10.4 Å². The van der Waals surface area contributed by atoms with Crippen LogP contribution < -0.4 is 0 Å². The summed E-state index contributed by atoms with van der Waals surface area (Å²) >= 11 is 0. The van der Waals surface area contributed by atoms with E-state index in [1.54, 1.807) is 13.8 Å². The van der Waals surface area contributed by atoms with Gasteiger partial charge in [-0.15, -0.1) is 0 Å². The van der Waals surface area contributed by atoms with E-state index in [1.165, 1.54) is 0 Å². The van der Waals surface area contributed by atoms with Crippen LogP contribution >= 0.6 is 0 Å². The van der Waals surface area contributed by atoms with Crippen molar-refractivity contribution in [2.45, 2.75) is 20.3 Å². The van der Waals surface area contributed by atoms with Gasteiger partial charge in [0.05, 0.1) is 24.8 Å². The number of hydrogen-bond acceptors (Lipinski definition) is 4. The van der Waals surface area contributed by atoms with Crippen LogP contribution in [0, 0.1) is 18.3 Å². The van der Waals surface area contributed by atoms with E-state index in [2.05, 4.69) is 10.2 Å². The van der Waals surface area contributed by atoms with Gasteiger partial charge in [0, 0.05) is 5.69 Å². The van der Waals surface area contributed by atoms with E-state index in [1.807, 2.05) is 6.07 Å². The molecule has 0 unspecified atom stereocenters. The highest BCUT2D eigenvalue weighted by molar-refractivity contribution is 5.91. The molecule has 1 N–H and O–H groups in total. The summed E-state index contributed by atoms with van der Waals surface area (Å²) in [6.07, 6.45) is 0.110. The number of hydrogen-bond donors (Lipinski definition) is 1. The van der Waals surface area contributed by atoms with Crippen molar-refractivity contribution in [2.75, 3.05) is 6.61 Å². The van der Waals surface area contributed by atoms with Crippen molar-refractivity contribution in [3.05, 3.63) is 17.0 Å². The molecule has 5 nitrogen and oxygen atoms in total. The van der Waals surface area contributed by atoms with Crippen molar-refractivity contribution in [2.24, 2.45) is 0 Å². The maximum Gasteiger partial charge on any atom is 0.341 e. The monoisotopic (exact) mass is 193 g/mol. The molecule has 1 aromatic heterocycles. The van der Waals surface area contributed by atoms with Gasteiger partial charge in [0.1, 0.15) is 5.56 Å². The van der Waals surface area contributed by atoms with Gasteiger partial charge in [0.2, 0.25) is 0 Å². The Hall–Kier alpha value is -1.83. The fourth-order valence-corrected chi connectivity index (χ4v) is 1.16. The van der Waals surface area contributed by atoms with Crippen LogP contribution in [0.2, 0.25) is 0 Å². The molecule has 1 rings (SSSR count). The summed E-state index contributed by atoms with van der Waals surface area (Å²) in [5.41, 5.74) is 1.46. The number of aromatic nitrogens is 2. The third-order valence-electron chi connectivity index (χ3n) is 1.75. The summed E-state index contributed by atoms with van der Waals surface area (Å²) < 4.78 is 4.85. The lowest BCUT2D eigenvalue weighted by atomic mass is 10.1. The first kappa shape index (κ1) is 10.3. The average Bonchev–Trinajstić information content (AvgIpc) is 2.48. The zero-order valence-electron chi connectivity index (χ0n) is 8.13. The van der Waals surface area contributed by atoms with Crippen LogP contribution in [0.4, 0.5) is 0 Å². The highest BCUT2D eigenvalue weighted by atomic mass is 16.5. The highest BCUT2D eigenvalue weighted by Crippen LogP contribution is 2.12. The number of aryl methyl sites for hydroxylation is 1. The summed E-state index contributed by atoms with van der Waals surface area (Å²) in [5, 5.41) is 15.0. The topological polar surface area (TPSA) is 78.8 Å². The van der Waals surface area contributed by atoms with Gasteiger partial charge in [0.15, 0.2) is 0 Å². The number of nitrogens with zero attached hydrogens (tertiary/aromatic N) is 2. The predicted molar refractivity (Wildman–Crippen MR) is 48.6 cm³/mol. The van der Waals surface area contributed by atoms with Crippen molar-refractivity contribution < 1.29 is 9.53 Å². The van der Waals surface area contributed by atoms with Gasteiger partial charge in [-0.05, 0) is 13.8 Å². The molecule has 0 amide bonds. The molecule has 74 valence electrons. The van der Waals surface area contributed by atoms with Crippen LogP contribution in [-0.2, 0) is 11.2 Å². The normalized spacial score (nSPS) is 9.50. The number of H-pyrrole nitrogens is 1. The van der Waals surface area contributed by atoms with Crippen LogP contribution in [-0.4, -0.2) is 22.8 Å². The van der Waals surface area contributed by atoms with E-state index >= 15 is 0 Å². The van der Waals surface area contributed by atoms with Crippen LogP contribution in [0.5, 0.6) is 0 Å². The van der Waals surface area contributed by atoms with Gasteiger partial charge < -0.3 is 4.74 Å². The molecule has 1 aromatic rings. The molecule has 1 heterocycles.